The van der Waals surface area contributed by atoms with Crippen molar-refractivity contribution in [2.24, 2.45) is 4.99 Å². The van der Waals surface area contributed by atoms with Crippen LogP contribution in [-0.4, -0.2) is 39.3 Å². The summed E-state index contributed by atoms with van der Waals surface area (Å²) in [5.41, 5.74) is 2.38. The van der Waals surface area contributed by atoms with Crippen molar-refractivity contribution in [2.45, 2.75) is 24.7 Å². The Balaban J connectivity index is 0.00000280. The van der Waals surface area contributed by atoms with E-state index in [4.69, 9.17) is 4.74 Å². The minimum atomic E-state index is -0.202. The molecule has 2 N–H and O–H groups in total. The maximum absolute atomic E-state index is 13.4. The van der Waals surface area contributed by atoms with Crippen molar-refractivity contribution in [3.8, 4) is 0 Å². The zero-order valence-corrected chi connectivity index (χ0v) is 18.6. The van der Waals surface area contributed by atoms with Crippen molar-refractivity contribution in [3.05, 3.63) is 71.5 Å². The third-order valence-corrected chi connectivity index (χ3v) is 5.27. The van der Waals surface area contributed by atoms with Gasteiger partial charge in [0.05, 0.1) is 0 Å². The first-order chi connectivity index (χ1) is 13.2. The molecule has 28 heavy (non-hydrogen) atoms. The standard InChI is InChI=1S/C22H28FN3O.HI/c1-24-21(25-14-11-18-5-3-2-4-6-18)26-17-22(12-15-27-16-13-22)19-7-9-20(23)10-8-19;/h2-10H,11-17H2,1H3,(H2,24,25,26);1H. The van der Waals surface area contributed by atoms with Crippen molar-refractivity contribution in [1.29, 1.82) is 0 Å². The van der Waals surface area contributed by atoms with E-state index < -0.39 is 0 Å². The van der Waals surface area contributed by atoms with Gasteiger partial charge in [-0.1, -0.05) is 42.5 Å². The Hall–Kier alpha value is -1.67. The highest BCUT2D eigenvalue weighted by atomic mass is 127. The number of nitrogens with zero attached hydrogens (tertiary/aromatic N) is 1. The molecule has 1 heterocycles. The average molecular weight is 497 g/mol. The van der Waals surface area contributed by atoms with E-state index in [2.05, 4.69) is 39.9 Å². The quantitative estimate of drug-likeness (QED) is 0.362. The van der Waals surface area contributed by atoms with Gasteiger partial charge in [0.25, 0.3) is 0 Å². The molecule has 2 aromatic carbocycles. The second-order valence-corrected chi connectivity index (χ2v) is 6.99. The van der Waals surface area contributed by atoms with Crippen LogP contribution in [0, 0.1) is 5.82 Å². The number of ether oxygens (including phenoxy) is 1. The molecule has 1 fully saturated rings. The van der Waals surface area contributed by atoms with Gasteiger partial charge in [-0.2, -0.15) is 0 Å². The number of rotatable bonds is 6. The molecule has 4 nitrogen and oxygen atoms in total. The first-order valence-corrected chi connectivity index (χ1v) is 9.54. The van der Waals surface area contributed by atoms with Gasteiger partial charge in [-0.25, -0.2) is 4.39 Å². The number of nitrogens with one attached hydrogen (secondary N) is 2. The predicted octanol–water partition coefficient (Wildman–Crippen LogP) is 3.90. The van der Waals surface area contributed by atoms with Gasteiger partial charge >= 0.3 is 0 Å². The SMILES string of the molecule is CN=C(NCCc1ccccc1)NCC1(c2ccc(F)cc2)CCOCC1.I. The number of hydrogen-bond donors (Lipinski definition) is 2. The Morgan fingerprint density at radius 2 is 1.71 bits per heavy atom. The van der Waals surface area contributed by atoms with E-state index in [1.807, 2.05) is 18.2 Å². The highest BCUT2D eigenvalue weighted by molar-refractivity contribution is 14.0. The number of aliphatic imine (C=N–C) groups is 1. The van der Waals surface area contributed by atoms with Gasteiger partial charge in [0.2, 0.25) is 0 Å². The van der Waals surface area contributed by atoms with Gasteiger partial charge in [-0.3, -0.25) is 4.99 Å². The van der Waals surface area contributed by atoms with Gasteiger partial charge in [0.1, 0.15) is 5.82 Å². The first-order valence-electron chi connectivity index (χ1n) is 9.54. The molecule has 0 bridgehead atoms. The highest BCUT2D eigenvalue weighted by Crippen LogP contribution is 2.34. The van der Waals surface area contributed by atoms with Crippen LogP contribution >= 0.6 is 24.0 Å². The molecule has 0 amide bonds. The third kappa shape index (κ3) is 6.17. The number of halogens is 2. The number of guanidine groups is 1. The van der Waals surface area contributed by atoms with Crippen LogP contribution in [-0.2, 0) is 16.6 Å². The first kappa shape index (κ1) is 22.6. The average Bonchev–Trinajstić information content (AvgIpc) is 2.72. The summed E-state index contributed by atoms with van der Waals surface area (Å²) in [7, 11) is 1.78. The molecule has 1 saturated heterocycles. The Morgan fingerprint density at radius 3 is 2.36 bits per heavy atom. The predicted molar refractivity (Wildman–Crippen MR) is 123 cm³/mol. The minimum Gasteiger partial charge on any atom is -0.381 e. The summed E-state index contributed by atoms with van der Waals surface area (Å²) in [6, 6.07) is 17.3. The van der Waals surface area contributed by atoms with Crippen molar-refractivity contribution in [1.82, 2.24) is 10.6 Å². The van der Waals surface area contributed by atoms with Crippen LogP contribution in [0.15, 0.2) is 59.6 Å². The van der Waals surface area contributed by atoms with E-state index in [1.165, 1.54) is 5.56 Å². The molecule has 0 aliphatic carbocycles. The smallest absolute Gasteiger partial charge is 0.191 e. The Kier molecular flexibility index (Phi) is 9.18. The highest BCUT2D eigenvalue weighted by Gasteiger charge is 2.34. The summed E-state index contributed by atoms with van der Waals surface area (Å²) in [5.74, 6) is 0.589. The zero-order chi connectivity index (χ0) is 19.0. The van der Waals surface area contributed by atoms with Gasteiger partial charge in [0, 0.05) is 38.8 Å². The lowest BCUT2D eigenvalue weighted by molar-refractivity contribution is 0.0513. The molecule has 0 aromatic heterocycles. The molecule has 0 radical (unpaired) electrons. The van der Waals surface area contributed by atoms with Crippen LogP contribution in [0.1, 0.15) is 24.0 Å². The molecule has 6 heteroatoms. The molecule has 2 aromatic rings. The van der Waals surface area contributed by atoms with E-state index in [9.17, 15) is 4.39 Å². The molecule has 3 rings (SSSR count). The summed E-state index contributed by atoms with van der Waals surface area (Å²) >= 11 is 0. The van der Waals surface area contributed by atoms with E-state index in [0.29, 0.717) is 0 Å². The zero-order valence-electron chi connectivity index (χ0n) is 16.3. The van der Waals surface area contributed by atoms with Crippen molar-refractivity contribution in [3.63, 3.8) is 0 Å². The second-order valence-electron chi connectivity index (χ2n) is 6.99. The van der Waals surface area contributed by atoms with Crippen LogP contribution < -0.4 is 10.6 Å². The van der Waals surface area contributed by atoms with E-state index in [0.717, 1.165) is 57.1 Å². The second kappa shape index (κ2) is 11.4. The van der Waals surface area contributed by atoms with Crippen LogP contribution in [0.4, 0.5) is 4.39 Å². The Morgan fingerprint density at radius 1 is 1.04 bits per heavy atom. The maximum atomic E-state index is 13.4. The van der Waals surface area contributed by atoms with E-state index in [-0.39, 0.29) is 35.2 Å². The summed E-state index contributed by atoms with van der Waals surface area (Å²) in [6.07, 6.45) is 2.76. The lowest BCUT2D eigenvalue weighted by Crippen LogP contribution is -2.48. The largest absolute Gasteiger partial charge is 0.381 e. The summed E-state index contributed by atoms with van der Waals surface area (Å²) in [4.78, 5) is 4.35. The van der Waals surface area contributed by atoms with Gasteiger partial charge in [-0.15, -0.1) is 24.0 Å². The normalized spacial score (nSPS) is 16.1. The number of hydrogen-bond acceptors (Lipinski definition) is 2. The van der Waals surface area contributed by atoms with Crippen LogP contribution in [0.3, 0.4) is 0 Å². The van der Waals surface area contributed by atoms with Crippen LogP contribution in [0.5, 0.6) is 0 Å². The van der Waals surface area contributed by atoms with Crippen molar-refractivity contribution in [2.75, 3.05) is 33.4 Å². The van der Waals surface area contributed by atoms with Gasteiger partial charge in [0.15, 0.2) is 5.96 Å². The number of benzene rings is 2. The van der Waals surface area contributed by atoms with Crippen LogP contribution in [0.2, 0.25) is 0 Å². The van der Waals surface area contributed by atoms with E-state index >= 15 is 0 Å². The third-order valence-electron chi connectivity index (χ3n) is 5.27. The summed E-state index contributed by atoms with van der Waals surface area (Å²) < 4.78 is 18.9. The topological polar surface area (TPSA) is 45.7 Å². The molecule has 0 saturated carbocycles. The fourth-order valence-corrected chi connectivity index (χ4v) is 3.58. The molecule has 1 aliphatic heterocycles. The maximum Gasteiger partial charge on any atom is 0.191 e. The molecule has 0 spiro atoms. The summed E-state index contributed by atoms with van der Waals surface area (Å²) in [6.45, 7) is 3.00. The minimum absolute atomic E-state index is 0. The molecule has 0 unspecified atom stereocenters. The molecular formula is C22H29FIN3O. The van der Waals surface area contributed by atoms with Gasteiger partial charge < -0.3 is 15.4 Å². The molecule has 152 valence electrons. The van der Waals surface area contributed by atoms with Crippen LogP contribution in [0.25, 0.3) is 0 Å². The van der Waals surface area contributed by atoms with E-state index in [1.54, 1.807) is 19.2 Å². The lowest BCUT2D eigenvalue weighted by Gasteiger charge is -2.38. The molecule has 1 aliphatic rings. The van der Waals surface area contributed by atoms with Crippen molar-refractivity contribution < 1.29 is 9.13 Å². The lowest BCUT2D eigenvalue weighted by atomic mass is 9.74. The van der Waals surface area contributed by atoms with Crippen molar-refractivity contribution >= 4 is 29.9 Å². The molecule has 0 atom stereocenters. The monoisotopic (exact) mass is 497 g/mol. The Bertz CT molecular complexity index is 731. The fourth-order valence-electron chi connectivity index (χ4n) is 3.58. The summed E-state index contributed by atoms with van der Waals surface area (Å²) in [5, 5.41) is 6.85. The Labute approximate surface area is 184 Å². The molecular weight excluding hydrogens is 468 g/mol. The fraction of sp³-hybridized carbons (Fsp3) is 0.409. The van der Waals surface area contributed by atoms with Gasteiger partial charge in [-0.05, 0) is 42.5 Å².